The van der Waals surface area contributed by atoms with Gasteiger partial charge in [-0.1, -0.05) is 0 Å². The van der Waals surface area contributed by atoms with Crippen molar-refractivity contribution in [3.63, 3.8) is 0 Å². The lowest BCUT2D eigenvalue weighted by molar-refractivity contribution is -0.148. The third-order valence-corrected chi connectivity index (χ3v) is 4.32. The SMILES string of the molecule is COc1ccc(-c2cc(C(=O)NC3(C(=O)O)CCOCC3)[nH]n2)cc1. The Morgan fingerprint density at radius 2 is 1.96 bits per heavy atom. The molecule has 1 amide bonds. The number of nitrogens with zero attached hydrogens (tertiary/aromatic N) is 1. The number of hydrogen-bond donors (Lipinski definition) is 3. The van der Waals surface area contributed by atoms with E-state index in [0.29, 0.717) is 18.9 Å². The fourth-order valence-electron chi connectivity index (χ4n) is 2.74. The lowest BCUT2D eigenvalue weighted by atomic mass is 9.90. The molecule has 0 atom stereocenters. The molecule has 0 bridgehead atoms. The van der Waals surface area contributed by atoms with Crippen molar-refractivity contribution in [2.24, 2.45) is 0 Å². The van der Waals surface area contributed by atoms with Gasteiger partial charge in [0.05, 0.1) is 12.8 Å². The molecule has 0 saturated carbocycles. The van der Waals surface area contributed by atoms with Crippen molar-refractivity contribution in [3.05, 3.63) is 36.0 Å². The number of methoxy groups -OCH3 is 1. The number of amides is 1. The van der Waals surface area contributed by atoms with Gasteiger partial charge in [-0.2, -0.15) is 5.10 Å². The Balaban J connectivity index is 1.76. The van der Waals surface area contributed by atoms with Crippen molar-refractivity contribution >= 4 is 11.9 Å². The summed E-state index contributed by atoms with van der Waals surface area (Å²) in [6, 6.07) is 8.84. The van der Waals surface area contributed by atoms with Gasteiger partial charge < -0.3 is 19.9 Å². The molecule has 0 spiro atoms. The second kappa shape index (κ2) is 6.94. The molecule has 1 aliphatic heterocycles. The van der Waals surface area contributed by atoms with E-state index in [1.165, 1.54) is 0 Å². The zero-order valence-electron chi connectivity index (χ0n) is 13.7. The Labute approximate surface area is 144 Å². The van der Waals surface area contributed by atoms with Crippen molar-refractivity contribution in [1.29, 1.82) is 0 Å². The van der Waals surface area contributed by atoms with E-state index in [0.717, 1.165) is 11.3 Å². The largest absolute Gasteiger partial charge is 0.497 e. The maximum absolute atomic E-state index is 12.5. The summed E-state index contributed by atoms with van der Waals surface area (Å²) in [5, 5.41) is 18.9. The highest BCUT2D eigenvalue weighted by molar-refractivity contribution is 5.97. The van der Waals surface area contributed by atoms with E-state index in [-0.39, 0.29) is 18.5 Å². The molecule has 1 aliphatic rings. The molecular weight excluding hydrogens is 326 g/mol. The standard InChI is InChI=1S/C17H19N3O5/c1-24-12-4-2-11(3-5-12)13-10-14(20-19-13)15(21)18-17(16(22)23)6-8-25-9-7-17/h2-5,10H,6-9H2,1H3,(H,18,21)(H,19,20)(H,22,23). The van der Waals surface area contributed by atoms with Crippen LogP contribution in [-0.2, 0) is 9.53 Å². The fraction of sp³-hybridized carbons (Fsp3) is 0.353. The van der Waals surface area contributed by atoms with Gasteiger partial charge >= 0.3 is 5.97 Å². The molecule has 132 valence electrons. The van der Waals surface area contributed by atoms with Crippen LogP contribution in [0.3, 0.4) is 0 Å². The summed E-state index contributed by atoms with van der Waals surface area (Å²) in [6.45, 7) is 0.597. The number of rotatable bonds is 5. The minimum absolute atomic E-state index is 0.206. The lowest BCUT2D eigenvalue weighted by Gasteiger charge is -2.33. The molecular formula is C17H19N3O5. The summed E-state index contributed by atoms with van der Waals surface area (Å²) in [7, 11) is 1.58. The molecule has 0 aliphatic carbocycles. The minimum atomic E-state index is -1.30. The van der Waals surface area contributed by atoms with Gasteiger partial charge in [-0.25, -0.2) is 4.79 Å². The number of aromatic amines is 1. The first-order valence-corrected chi connectivity index (χ1v) is 7.87. The topological polar surface area (TPSA) is 114 Å². The van der Waals surface area contributed by atoms with Crippen LogP contribution in [0.5, 0.6) is 5.75 Å². The van der Waals surface area contributed by atoms with E-state index < -0.39 is 17.4 Å². The first-order chi connectivity index (χ1) is 12.0. The molecule has 2 aromatic rings. The highest BCUT2D eigenvalue weighted by atomic mass is 16.5. The van der Waals surface area contributed by atoms with E-state index in [2.05, 4.69) is 15.5 Å². The second-order valence-corrected chi connectivity index (χ2v) is 5.85. The van der Waals surface area contributed by atoms with E-state index in [1.807, 2.05) is 12.1 Å². The lowest BCUT2D eigenvalue weighted by Crippen LogP contribution is -2.57. The van der Waals surface area contributed by atoms with Crippen LogP contribution in [0.15, 0.2) is 30.3 Å². The summed E-state index contributed by atoms with van der Waals surface area (Å²) in [6.07, 6.45) is 0.459. The van der Waals surface area contributed by atoms with E-state index in [4.69, 9.17) is 9.47 Å². The fourth-order valence-corrected chi connectivity index (χ4v) is 2.74. The summed E-state index contributed by atoms with van der Waals surface area (Å²) in [5.41, 5.74) is 0.304. The van der Waals surface area contributed by atoms with Crippen molar-refractivity contribution in [2.45, 2.75) is 18.4 Å². The zero-order valence-corrected chi connectivity index (χ0v) is 13.7. The zero-order chi connectivity index (χ0) is 17.9. The normalized spacial score (nSPS) is 16.2. The van der Waals surface area contributed by atoms with Crippen LogP contribution in [0.25, 0.3) is 11.3 Å². The van der Waals surface area contributed by atoms with Gasteiger partial charge in [-0.05, 0) is 30.3 Å². The predicted molar refractivity (Wildman–Crippen MR) is 88.5 cm³/mol. The number of hydrogen-bond acceptors (Lipinski definition) is 5. The van der Waals surface area contributed by atoms with Crippen LogP contribution in [0, 0.1) is 0 Å². The highest BCUT2D eigenvalue weighted by Gasteiger charge is 2.42. The van der Waals surface area contributed by atoms with Crippen molar-refractivity contribution < 1.29 is 24.2 Å². The highest BCUT2D eigenvalue weighted by Crippen LogP contribution is 2.23. The van der Waals surface area contributed by atoms with Gasteiger partial charge in [-0.3, -0.25) is 9.89 Å². The molecule has 1 saturated heterocycles. The van der Waals surface area contributed by atoms with Crippen molar-refractivity contribution in [2.75, 3.05) is 20.3 Å². The third kappa shape index (κ3) is 3.48. The Kier molecular flexibility index (Phi) is 4.71. The maximum Gasteiger partial charge on any atom is 0.329 e. The number of aromatic nitrogens is 2. The number of ether oxygens (including phenoxy) is 2. The number of benzene rings is 1. The molecule has 1 aromatic heterocycles. The van der Waals surface area contributed by atoms with E-state index >= 15 is 0 Å². The van der Waals surface area contributed by atoms with Crippen LogP contribution >= 0.6 is 0 Å². The van der Waals surface area contributed by atoms with Gasteiger partial charge in [0.2, 0.25) is 0 Å². The van der Waals surface area contributed by atoms with Gasteiger partial charge in [0.15, 0.2) is 0 Å². The first kappa shape index (κ1) is 17.0. The molecule has 25 heavy (non-hydrogen) atoms. The van der Waals surface area contributed by atoms with Crippen LogP contribution in [0.4, 0.5) is 0 Å². The Morgan fingerprint density at radius 1 is 1.28 bits per heavy atom. The quantitative estimate of drug-likeness (QED) is 0.756. The molecule has 3 N–H and O–H groups in total. The predicted octanol–water partition coefficient (Wildman–Crippen LogP) is 1.45. The number of nitrogens with one attached hydrogen (secondary N) is 2. The van der Waals surface area contributed by atoms with Gasteiger partial charge in [0.25, 0.3) is 5.91 Å². The Hall–Kier alpha value is -2.87. The Bertz CT molecular complexity index is 763. The van der Waals surface area contributed by atoms with Crippen LogP contribution in [0.2, 0.25) is 0 Å². The van der Waals surface area contributed by atoms with Crippen LogP contribution in [-0.4, -0.2) is 53.0 Å². The Morgan fingerprint density at radius 3 is 2.56 bits per heavy atom. The van der Waals surface area contributed by atoms with Crippen LogP contribution < -0.4 is 10.1 Å². The molecule has 1 aromatic carbocycles. The molecule has 1 fully saturated rings. The van der Waals surface area contributed by atoms with Crippen LogP contribution in [0.1, 0.15) is 23.3 Å². The number of H-pyrrole nitrogens is 1. The molecule has 3 rings (SSSR count). The molecule has 0 unspecified atom stereocenters. The average molecular weight is 345 g/mol. The first-order valence-electron chi connectivity index (χ1n) is 7.87. The summed E-state index contributed by atoms with van der Waals surface area (Å²) in [4.78, 5) is 24.1. The summed E-state index contributed by atoms with van der Waals surface area (Å²) < 4.78 is 10.3. The smallest absolute Gasteiger partial charge is 0.329 e. The molecule has 8 heteroatoms. The van der Waals surface area contributed by atoms with Gasteiger partial charge in [0, 0.05) is 31.6 Å². The number of carbonyl (C=O) groups excluding carboxylic acids is 1. The molecule has 8 nitrogen and oxygen atoms in total. The minimum Gasteiger partial charge on any atom is -0.497 e. The van der Waals surface area contributed by atoms with E-state index in [9.17, 15) is 14.7 Å². The van der Waals surface area contributed by atoms with Gasteiger partial charge in [0.1, 0.15) is 17.0 Å². The number of carboxylic acids is 1. The summed E-state index contributed by atoms with van der Waals surface area (Å²) >= 11 is 0. The van der Waals surface area contributed by atoms with Gasteiger partial charge in [-0.15, -0.1) is 0 Å². The summed E-state index contributed by atoms with van der Waals surface area (Å²) in [5.74, 6) is -0.837. The maximum atomic E-state index is 12.5. The number of carbonyl (C=O) groups is 2. The van der Waals surface area contributed by atoms with Crippen molar-refractivity contribution in [3.8, 4) is 17.0 Å². The average Bonchev–Trinajstić information content (AvgIpc) is 3.13. The molecule has 0 radical (unpaired) electrons. The number of carboxylic acid groups (broad SMARTS) is 1. The van der Waals surface area contributed by atoms with Crippen molar-refractivity contribution in [1.82, 2.24) is 15.5 Å². The van der Waals surface area contributed by atoms with E-state index in [1.54, 1.807) is 25.3 Å². The second-order valence-electron chi connectivity index (χ2n) is 5.85. The number of aliphatic carboxylic acids is 1. The third-order valence-electron chi connectivity index (χ3n) is 4.32. The molecule has 2 heterocycles. The monoisotopic (exact) mass is 345 g/mol.